The molecular formula is C35H31N5O2S3. The number of nitrogen functional groups attached to an aromatic ring is 1. The van der Waals surface area contributed by atoms with E-state index in [-0.39, 0.29) is 23.0 Å². The summed E-state index contributed by atoms with van der Waals surface area (Å²) in [6, 6.07) is 38.8. The van der Waals surface area contributed by atoms with Crippen molar-refractivity contribution in [1.82, 2.24) is 0 Å². The zero-order valence-electron chi connectivity index (χ0n) is 24.3. The second-order valence-electron chi connectivity index (χ2n) is 10.5. The number of anilines is 5. The molecule has 0 bridgehead atoms. The molecule has 7 nitrogen and oxygen atoms in total. The van der Waals surface area contributed by atoms with Crippen molar-refractivity contribution in [3.63, 3.8) is 0 Å². The molecule has 2 amide bonds. The van der Waals surface area contributed by atoms with Crippen LogP contribution in [0.4, 0.5) is 28.4 Å². The van der Waals surface area contributed by atoms with Gasteiger partial charge in [0.2, 0.25) is 5.91 Å². The molecule has 0 aliphatic carbocycles. The summed E-state index contributed by atoms with van der Waals surface area (Å²) in [7, 11) is 0. The molecule has 5 aromatic carbocycles. The molecule has 0 saturated heterocycles. The van der Waals surface area contributed by atoms with Crippen LogP contribution in [-0.4, -0.2) is 17.1 Å². The first kappa shape index (κ1) is 30.5. The minimum Gasteiger partial charge on any atom is -0.399 e. The number of para-hydroxylation sites is 1. The van der Waals surface area contributed by atoms with Crippen LogP contribution in [0.2, 0.25) is 0 Å². The molecule has 1 heterocycles. The molecule has 10 heteroatoms. The number of fused-ring (bicyclic) bond motifs is 1. The summed E-state index contributed by atoms with van der Waals surface area (Å²) >= 11 is 4.54. The van der Waals surface area contributed by atoms with Crippen LogP contribution in [0.1, 0.15) is 28.8 Å². The average molecular weight is 650 g/mol. The normalized spacial score (nSPS) is 14.5. The third-order valence-electron chi connectivity index (χ3n) is 7.22. The number of hydrogen-bond acceptors (Lipinski definition) is 8. The van der Waals surface area contributed by atoms with E-state index in [4.69, 9.17) is 5.73 Å². The van der Waals surface area contributed by atoms with E-state index in [0.29, 0.717) is 16.9 Å². The summed E-state index contributed by atoms with van der Waals surface area (Å²) in [5.74, 6) is -0.362. The van der Waals surface area contributed by atoms with Crippen LogP contribution in [0.15, 0.2) is 136 Å². The molecule has 1 aliphatic heterocycles. The molecule has 45 heavy (non-hydrogen) atoms. The average Bonchev–Trinajstić information content (AvgIpc) is 3.07. The lowest BCUT2D eigenvalue weighted by Crippen LogP contribution is -2.33. The Morgan fingerprint density at radius 2 is 1.44 bits per heavy atom. The van der Waals surface area contributed by atoms with Crippen molar-refractivity contribution < 1.29 is 9.59 Å². The van der Waals surface area contributed by atoms with Gasteiger partial charge in [-0.05, 0) is 120 Å². The van der Waals surface area contributed by atoms with Crippen LogP contribution in [-0.2, 0) is 4.79 Å². The Morgan fingerprint density at radius 3 is 2.18 bits per heavy atom. The van der Waals surface area contributed by atoms with Crippen LogP contribution in [0.25, 0.3) is 0 Å². The highest BCUT2D eigenvalue weighted by atomic mass is 32.2. The van der Waals surface area contributed by atoms with Crippen LogP contribution in [0, 0.1) is 0 Å². The Balaban J connectivity index is 1.06. The lowest BCUT2D eigenvalue weighted by molar-refractivity contribution is -0.116. The molecule has 1 aliphatic rings. The van der Waals surface area contributed by atoms with Crippen LogP contribution < -0.4 is 25.8 Å². The Morgan fingerprint density at radius 1 is 0.778 bits per heavy atom. The minimum absolute atomic E-state index is 0.0431. The minimum atomic E-state index is -0.315. The van der Waals surface area contributed by atoms with E-state index >= 15 is 0 Å². The Labute approximate surface area is 275 Å². The molecular weight excluding hydrogens is 619 g/mol. The van der Waals surface area contributed by atoms with Gasteiger partial charge in [-0.3, -0.25) is 9.59 Å². The number of nitrogens with one attached hydrogen (secondary N) is 4. The van der Waals surface area contributed by atoms with Crippen molar-refractivity contribution in [2.75, 3.05) is 25.8 Å². The summed E-state index contributed by atoms with van der Waals surface area (Å²) < 4.78 is 6.68. The van der Waals surface area contributed by atoms with E-state index in [0.717, 1.165) is 37.3 Å². The van der Waals surface area contributed by atoms with Gasteiger partial charge in [-0.1, -0.05) is 37.3 Å². The largest absolute Gasteiger partial charge is 0.399 e. The third-order valence-corrected chi connectivity index (χ3v) is 10.4. The highest BCUT2D eigenvalue weighted by Crippen LogP contribution is 2.42. The predicted octanol–water partition coefficient (Wildman–Crippen LogP) is 8.98. The van der Waals surface area contributed by atoms with Gasteiger partial charge in [0.1, 0.15) is 0 Å². The van der Waals surface area contributed by atoms with E-state index in [9.17, 15) is 9.59 Å². The molecule has 5 aromatic rings. The number of carbonyl (C=O) groups is 2. The van der Waals surface area contributed by atoms with Gasteiger partial charge < -0.3 is 25.8 Å². The number of amides is 2. The predicted molar refractivity (Wildman–Crippen MR) is 190 cm³/mol. The number of benzene rings is 5. The molecule has 0 fully saturated rings. The summed E-state index contributed by atoms with van der Waals surface area (Å²) in [4.78, 5) is 29.3. The summed E-state index contributed by atoms with van der Waals surface area (Å²) in [5.41, 5.74) is 11.4. The zero-order valence-corrected chi connectivity index (χ0v) is 26.8. The highest BCUT2D eigenvalue weighted by Gasteiger charge is 2.33. The SMILES string of the molecule is CC(c1cccc(NSc2ccc(N)cc2)c1)C1Sc2ccc(C(=O)Nc3ccc(SNc4ccccc4)cc3)cc2NC1=O. The van der Waals surface area contributed by atoms with Gasteiger partial charge in [0, 0.05) is 48.9 Å². The van der Waals surface area contributed by atoms with E-state index < -0.39 is 0 Å². The summed E-state index contributed by atoms with van der Waals surface area (Å²) in [5, 5.41) is 5.68. The monoisotopic (exact) mass is 649 g/mol. The van der Waals surface area contributed by atoms with Crippen molar-refractivity contribution >= 4 is 75.9 Å². The van der Waals surface area contributed by atoms with Crippen LogP contribution in [0.3, 0.4) is 0 Å². The first-order valence-electron chi connectivity index (χ1n) is 14.3. The first-order valence-corrected chi connectivity index (χ1v) is 16.8. The number of thioether (sulfide) groups is 1. The van der Waals surface area contributed by atoms with Crippen molar-refractivity contribution in [2.45, 2.75) is 32.8 Å². The Bertz CT molecular complexity index is 1800. The zero-order chi connectivity index (χ0) is 31.2. The fraction of sp³-hybridized carbons (Fsp3) is 0.0857. The molecule has 6 rings (SSSR count). The number of rotatable bonds is 10. The number of carbonyl (C=O) groups excluding carboxylic acids is 2. The summed E-state index contributed by atoms with van der Waals surface area (Å²) in [6.45, 7) is 2.07. The van der Waals surface area contributed by atoms with Gasteiger partial charge in [0.15, 0.2) is 0 Å². The maximum absolute atomic E-state index is 13.3. The topological polar surface area (TPSA) is 108 Å². The van der Waals surface area contributed by atoms with Gasteiger partial charge in [-0.2, -0.15) is 0 Å². The Hall–Kier alpha value is -4.51. The maximum atomic E-state index is 13.3. The molecule has 2 atom stereocenters. The van der Waals surface area contributed by atoms with Gasteiger partial charge in [-0.15, -0.1) is 11.8 Å². The van der Waals surface area contributed by atoms with E-state index in [1.54, 1.807) is 12.1 Å². The molecule has 0 spiro atoms. The van der Waals surface area contributed by atoms with E-state index in [2.05, 4.69) is 33.1 Å². The number of hydrogen-bond donors (Lipinski definition) is 5. The van der Waals surface area contributed by atoms with E-state index in [1.807, 2.05) is 103 Å². The quantitative estimate of drug-likeness (QED) is 0.0754. The van der Waals surface area contributed by atoms with Gasteiger partial charge in [-0.25, -0.2) is 0 Å². The molecule has 0 radical (unpaired) electrons. The third kappa shape index (κ3) is 7.78. The number of nitrogens with two attached hydrogens (primary N) is 1. The van der Waals surface area contributed by atoms with Crippen LogP contribution >= 0.6 is 35.7 Å². The van der Waals surface area contributed by atoms with Crippen molar-refractivity contribution in [1.29, 1.82) is 0 Å². The van der Waals surface area contributed by atoms with Crippen molar-refractivity contribution in [3.8, 4) is 0 Å². The lowest BCUT2D eigenvalue weighted by Gasteiger charge is -2.29. The summed E-state index contributed by atoms with van der Waals surface area (Å²) in [6.07, 6.45) is 0. The van der Waals surface area contributed by atoms with Crippen molar-refractivity contribution in [2.24, 2.45) is 0 Å². The first-order chi connectivity index (χ1) is 21.9. The second kappa shape index (κ2) is 14.1. The molecule has 0 saturated carbocycles. The molecule has 6 N–H and O–H groups in total. The molecule has 226 valence electrons. The smallest absolute Gasteiger partial charge is 0.255 e. The van der Waals surface area contributed by atoms with Gasteiger partial charge in [0.05, 0.1) is 10.9 Å². The van der Waals surface area contributed by atoms with Crippen molar-refractivity contribution in [3.05, 3.63) is 132 Å². The second-order valence-corrected chi connectivity index (χ2v) is 13.4. The molecule has 0 aromatic heterocycles. The standard InChI is InChI=1S/C35H31N5O2S3/c1-22(23-6-5-9-28(20-23)40-45-29-15-11-25(36)12-16-29)33-35(42)38-31-21-24(10-19-32(31)43-33)34(41)37-26-13-17-30(18-14-26)44-39-27-7-3-2-4-8-27/h2-22,33,39-40H,36H2,1H3,(H,37,41)(H,38,42). The van der Waals surface area contributed by atoms with E-state index in [1.165, 1.54) is 35.7 Å². The molecule has 2 unspecified atom stereocenters. The fourth-order valence-electron chi connectivity index (χ4n) is 4.74. The lowest BCUT2D eigenvalue weighted by atomic mass is 9.96. The van der Waals surface area contributed by atoms with Gasteiger partial charge in [0.25, 0.3) is 5.91 Å². The van der Waals surface area contributed by atoms with Crippen LogP contribution in [0.5, 0.6) is 0 Å². The highest BCUT2D eigenvalue weighted by molar-refractivity contribution is 8.01. The maximum Gasteiger partial charge on any atom is 0.255 e. The fourth-order valence-corrected chi connectivity index (χ4v) is 7.21. The van der Waals surface area contributed by atoms with Gasteiger partial charge >= 0.3 is 0 Å². The Kier molecular flexibility index (Phi) is 9.54.